The Kier molecular flexibility index (Phi) is 3.66. The highest BCUT2D eigenvalue weighted by molar-refractivity contribution is 7.10. The normalized spacial score (nSPS) is 9.94. The van der Waals surface area contributed by atoms with Gasteiger partial charge < -0.3 is 10.1 Å². The van der Waals surface area contributed by atoms with Crippen LogP contribution in [-0.4, -0.2) is 22.6 Å². The SMILES string of the molecule is COc1ccc(CC(=O)Nc2cnns2)cc1. The van der Waals surface area contributed by atoms with E-state index >= 15 is 0 Å². The summed E-state index contributed by atoms with van der Waals surface area (Å²) in [5.74, 6) is 0.696. The van der Waals surface area contributed by atoms with Crippen molar-refractivity contribution in [3.8, 4) is 5.75 Å². The Morgan fingerprint density at radius 3 is 2.76 bits per heavy atom. The Morgan fingerprint density at radius 2 is 2.18 bits per heavy atom. The van der Waals surface area contributed by atoms with Crippen LogP contribution in [0, 0.1) is 0 Å². The minimum atomic E-state index is -0.0822. The van der Waals surface area contributed by atoms with Gasteiger partial charge in [-0.2, -0.15) is 0 Å². The highest BCUT2D eigenvalue weighted by atomic mass is 32.1. The summed E-state index contributed by atoms with van der Waals surface area (Å²) in [5, 5.41) is 7.02. The number of hydrogen-bond acceptors (Lipinski definition) is 5. The average molecular weight is 249 g/mol. The third kappa shape index (κ3) is 3.25. The second-order valence-corrected chi connectivity index (χ2v) is 4.14. The van der Waals surface area contributed by atoms with Crippen LogP contribution in [0.1, 0.15) is 5.56 Å². The molecule has 0 fully saturated rings. The van der Waals surface area contributed by atoms with Crippen molar-refractivity contribution >= 4 is 22.4 Å². The molecule has 17 heavy (non-hydrogen) atoms. The maximum atomic E-state index is 11.6. The lowest BCUT2D eigenvalue weighted by Gasteiger charge is -2.03. The van der Waals surface area contributed by atoms with Gasteiger partial charge in [0.25, 0.3) is 0 Å². The number of methoxy groups -OCH3 is 1. The number of anilines is 1. The van der Waals surface area contributed by atoms with Crippen LogP contribution in [-0.2, 0) is 11.2 Å². The van der Waals surface area contributed by atoms with E-state index in [4.69, 9.17) is 4.74 Å². The fourth-order valence-corrected chi connectivity index (χ4v) is 1.77. The van der Waals surface area contributed by atoms with E-state index in [1.54, 1.807) is 7.11 Å². The summed E-state index contributed by atoms with van der Waals surface area (Å²) in [4.78, 5) is 11.6. The Morgan fingerprint density at radius 1 is 1.41 bits per heavy atom. The number of nitrogens with one attached hydrogen (secondary N) is 1. The zero-order chi connectivity index (χ0) is 12.1. The van der Waals surface area contributed by atoms with Gasteiger partial charge in [-0.3, -0.25) is 4.79 Å². The maximum Gasteiger partial charge on any atom is 0.229 e. The molecule has 0 unspecified atom stereocenters. The Bertz CT molecular complexity index is 482. The highest BCUT2D eigenvalue weighted by Gasteiger charge is 2.05. The van der Waals surface area contributed by atoms with Crippen LogP contribution >= 0.6 is 11.5 Å². The predicted octanol–water partition coefficient (Wildman–Crippen LogP) is 1.73. The van der Waals surface area contributed by atoms with Crippen molar-refractivity contribution in [1.29, 1.82) is 0 Å². The molecule has 0 aliphatic rings. The van der Waals surface area contributed by atoms with Crippen molar-refractivity contribution in [3.05, 3.63) is 36.0 Å². The molecule has 6 heteroatoms. The molecule has 1 amide bonds. The lowest BCUT2D eigenvalue weighted by molar-refractivity contribution is -0.115. The van der Waals surface area contributed by atoms with Gasteiger partial charge in [0.05, 0.1) is 19.7 Å². The van der Waals surface area contributed by atoms with Crippen LogP contribution in [0.15, 0.2) is 30.5 Å². The number of rotatable bonds is 4. The smallest absolute Gasteiger partial charge is 0.229 e. The number of amides is 1. The fraction of sp³-hybridized carbons (Fsp3) is 0.182. The first-order chi connectivity index (χ1) is 8.28. The fourth-order valence-electron chi connectivity index (χ4n) is 1.33. The van der Waals surface area contributed by atoms with E-state index in [9.17, 15) is 4.79 Å². The van der Waals surface area contributed by atoms with E-state index in [0.29, 0.717) is 11.4 Å². The van der Waals surface area contributed by atoms with E-state index in [1.807, 2.05) is 24.3 Å². The average Bonchev–Trinajstić information content (AvgIpc) is 2.82. The first-order valence-electron chi connectivity index (χ1n) is 4.98. The molecule has 0 spiro atoms. The Labute approximate surface area is 103 Å². The molecule has 1 N–H and O–H groups in total. The van der Waals surface area contributed by atoms with Gasteiger partial charge >= 0.3 is 0 Å². The monoisotopic (exact) mass is 249 g/mol. The summed E-state index contributed by atoms with van der Waals surface area (Å²) in [5.41, 5.74) is 0.931. The molecule has 2 aromatic rings. The van der Waals surface area contributed by atoms with Gasteiger partial charge in [-0.1, -0.05) is 16.6 Å². The van der Waals surface area contributed by atoms with E-state index in [0.717, 1.165) is 22.8 Å². The molecule has 1 aromatic heterocycles. The first kappa shape index (κ1) is 11.5. The van der Waals surface area contributed by atoms with Crippen molar-refractivity contribution in [2.45, 2.75) is 6.42 Å². The summed E-state index contributed by atoms with van der Waals surface area (Å²) in [6.45, 7) is 0. The molecule has 2 rings (SSSR count). The number of ether oxygens (including phenoxy) is 1. The lowest BCUT2D eigenvalue weighted by atomic mass is 10.1. The van der Waals surface area contributed by atoms with Crippen LogP contribution in [0.2, 0.25) is 0 Å². The molecule has 1 aromatic carbocycles. The predicted molar refractivity (Wildman–Crippen MR) is 65.2 cm³/mol. The zero-order valence-corrected chi connectivity index (χ0v) is 10.0. The molecular formula is C11H11N3O2S. The first-order valence-corrected chi connectivity index (χ1v) is 5.75. The number of aromatic nitrogens is 2. The number of nitrogens with zero attached hydrogens (tertiary/aromatic N) is 2. The Balaban J connectivity index is 1.93. The quantitative estimate of drug-likeness (QED) is 0.896. The second-order valence-electron chi connectivity index (χ2n) is 3.35. The molecule has 0 bridgehead atoms. The topological polar surface area (TPSA) is 64.1 Å². The van der Waals surface area contributed by atoms with Gasteiger partial charge in [-0.15, -0.1) is 5.10 Å². The van der Waals surface area contributed by atoms with Crippen LogP contribution in [0.25, 0.3) is 0 Å². The lowest BCUT2D eigenvalue weighted by Crippen LogP contribution is -2.13. The molecule has 0 atom stereocenters. The largest absolute Gasteiger partial charge is 0.497 e. The van der Waals surface area contributed by atoms with Gasteiger partial charge in [-0.05, 0) is 17.7 Å². The standard InChI is InChI=1S/C11H11N3O2S/c1-16-9-4-2-8(3-5-9)6-10(15)13-11-7-12-14-17-11/h2-5,7H,6H2,1H3,(H,13,15). The van der Waals surface area contributed by atoms with Crippen LogP contribution in [0.4, 0.5) is 5.00 Å². The van der Waals surface area contributed by atoms with Crippen LogP contribution < -0.4 is 10.1 Å². The molecule has 0 saturated carbocycles. The zero-order valence-electron chi connectivity index (χ0n) is 9.21. The third-order valence-electron chi connectivity index (χ3n) is 2.15. The number of benzene rings is 1. The van der Waals surface area contributed by atoms with Gasteiger partial charge in [0.15, 0.2) is 0 Å². The summed E-state index contributed by atoms with van der Waals surface area (Å²) < 4.78 is 8.71. The molecule has 0 aliphatic heterocycles. The second kappa shape index (κ2) is 5.40. The summed E-state index contributed by atoms with van der Waals surface area (Å²) in [6, 6.07) is 7.39. The molecule has 88 valence electrons. The van der Waals surface area contributed by atoms with Crippen LogP contribution in [0.3, 0.4) is 0 Å². The van der Waals surface area contributed by atoms with Crippen molar-refractivity contribution in [1.82, 2.24) is 9.59 Å². The van der Waals surface area contributed by atoms with Gasteiger partial charge in [0, 0.05) is 11.5 Å². The molecule has 0 radical (unpaired) electrons. The molecular weight excluding hydrogens is 238 g/mol. The van der Waals surface area contributed by atoms with Gasteiger partial charge in [0.1, 0.15) is 10.8 Å². The minimum absolute atomic E-state index is 0.0822. The molecule has 0 aliphatic carbocycles. The van der Waals surface area contributed by atoms with Crippen molar-refractivity contribution < 1.29 is 9.53 Å². The van der Waals surface area contributed by atoms with Crippen molar-refractivity contribution in [3.63, 3.8) is 0 Å². The molecule has 1 heterocycles. The van der Waals surface area contributed by atoms with Crippen molar-refractivity contribution in [2.24, 2.45) is 0 Å². The summed E-state index contributed by atoms with van der Waals surface area (Å²) in [7, 11) is 1.61. The van der Waals surface area contributed by atoms with Crippen LogP contribution in [0.5, 0.6) is 5.75 Å². The highest BCUT2D eigenvalue weighted by Crippen LogP contribution is 2.13. The van der Waals surface area contributed by atoms with E-state index < -0.39 is 0 Å². The molecule has 0 saturated heterocycles. The van der Waals surface area contributed by atoms with Crippen molar-refractivity contribution in [2.75, 3.05) is 12.4 Å². The maximum absolute atomic E-state index is 11.6. The Hall–Kier alpha value is -1.95. The number of carbonyl (C=O) groups excluding carboxylic acids is 1. The summed E-state index contributed by atoms with van der Waals surface area (Å²) >= 11 is 1.15. The molecule has 5 nitrogen and oxygen atoms in total. The van der Waals surface area contributed by atoms with E-state index in [1.165, 1.54) is 6.20 Å². The third-order valence-corrected chi connectivity index (χ3v) is 2.73. The number of carbonyl (C=O) groups is 1. The van der Waals surface area contributed by atoms with E-state index in [2.05, 4.69) is 14.9 Å². The van der Waals surface area contributed by atoms with E-state index in [-0.39, 0.29) is 5.91 Å². The summed E-state index contributed by atoms with van der Waals surface area (Å²) in [6.07, 6.45) is 1.85. The van der Waals surface area contributed by atoms with Gasteiger partial charge in [-0.25, -0.2) is 0 Å². The van der Waals surface area contributed by atoms with Gasteiger partial charge in [0.2, 0.25) is 5.91 Å². The number of hydrogen-bond donors (Lipinski definition) is 1. The minimum Gasteiger partial charge on any atom is -0.497 e.